The number of carbonyl (C=O) groups is 2. The smallest absolute Gasteiger partial charge is 0.324 e. The van der Waals surface area contributed by atoms with Gasteiger partial charge in [-0.15, -0.1) is 0 Å². The quantitative estimate of drug-likeness (QED) is 0.631. The molecule has 0 radical (unpaired) electrons. The number of rotatable bonds is 6. The molecule has 6 heteroatoms. The van der Waals surface area contributed by atoms with Crippen LogP contribution >= 0.6 is 0 Å². The van der Waals surface area contributed by atoms with E-state index in [1.165, 1.54) is 21.3 Å². The summed E-state index contributed by atoms with van der Waals surface area (Å²) in [5.74, 6) is -0.336. The Hall–Kier alpha value is -1.92. The zero-order chi connectivity index (χ0) is 15.5. The average Bonchev–Trinajstić information content (AvgIpc) is 2.73. The number of methoxy groups -OCH3 is 2. The first-order valence-corrected chi connectivity index (χ1v) is 6.75. The summed E-state index contributed by atoms with van der Waals surface area (Å²) in [5.41, 5.74) is -0.107. The number of hydrogen-bond acceptors (Lipinski definition) is 4. The standard InChI is InChI=1S/C15H20N2O4/c1-17-12(18)15(16-14(17)19,13(20-2)21-3)10-9-11-7-5-4-6-8-11/h4-8,13H,9-10H2,1-3H3,(H,16,19). The number of hydrogen-bond donors (Lipinski definition) is 1. The maximum Gasteiger partial charge on any atom is 0.324 e. The van der Waals surface area contributed by atoms with Gasteiger partial charge in [-0.05, 0) is 18.4 Å². The number of likely N-dealkylation sites (N-methyl/N-ethyl adjacent to an activating group) is 1. The maximum atomic E-state index is 12.5. The Morgan fingerprint density at radius 1 is 1.19 bits per heavy atom. The van der Waals surface area contributed by atoms with Gasteiger partial charge in [-0.3, -0.25) is 9.69 Å². The molecule has 1 heterocycles. The molecule has 1 aliphatic rings. The first-order valence-electron chi connectivity index (χ1n) is 6.75. The molecular formula is C15H20N2O4. The van der Waals surface area contributed by atoms with Gasteiger partial charge >= 0.3 is 6.03 Å². The number of ether oxygens (including phenoxy) is 2. The van der Waals surface area contributed by atoms with E-state index in [0.717, 1.165) is 10.5 Å². The summed E-state index contributed by atoms with van der Waals surface area (Å²) in [4.78, 5) is 25.4. The predicted octanol–water partition coefficient (Wildman–Crippen LogP) is 1.16. The van der Waals surface area contributed by atoms with Crippen LogP contribution in [0.5, 0.6) is 0 Å². The van der Waals surface area contributed by atoms with Crippen LogP contribution < -0.4 is 5.32 Å². The van der Waals surface area contributed by atoms with Crippen LogP contribution in [0.3, 0.4) is 0 Å². The largest absolute Gasteiger partial charge is 0.353 e. The zero-order valence-electron chi connectivity index (χ0n) is 12.5. The fourth-order valence-electron chi connectivity index (χ4n) is 2.65. The van der Waals surface area contributed by atoms with Crippen LogP contribution in [0.2, 0.25) is 0 Å². The number of urea groups is 1. The molecule has 114 valence electrons. The van der Waals surface area contributed by atoms with E-state index in [2.05, 4.69) is 5.32 Å². The molecule has 1 N–H and O–H groups in total. The van der Waals surface area contributed by atoms with E-state index in [-0.39, 0.29) is 5.91 Å². The molecule has 1 atom stereocenters. The summed E-state index contributed by atoms with van der Waals surface area (Å²) < 4.78 is 10.5. The minimum absolute atomic E-state index is 0.336. The Morgan fingerprint density at radius 2 is 1.81 bits per heavy atom. The lowest BCUT2D eigenvalue weighted by molar-refractivity contribution is -0.168. The highest BCUT2D eigenvalue weighted by atomic mass is 16.7. The van der Waals surface area contributed by atoms with Crippen molar-refractivity contribution in [3.8, 4) is 0 Å². The van der Waals surface area contributed by atoms with Gasteiger partial charge in [0.05, 0.1) is 0 Å². The number of aryl methyl sites for hydroxylation is 1. The van der Waals surface area contributed by atoms with E-state index in [1.807, 2.05) is 30.3 Å². The number of nitrogens with one attached hydrogen (secondary N) is 1. The van der Waals surface area contributed by atoms with E-state index < -0.39 is 17.9 Å². The van der Waals surface area contributed by atoms with Gasteiger partial charge in [0.1, 0.15) is 0 Å². The van der Waals surface area contributed by atoms with Crippen LogP contribution in [0.1, 0.15) is 12.0 Å². The average molecular weight is 292 g/mol. The van der Waals surface area contributed by atoms with Crippen LogP contribution in [0, 0.1) is 0 Å². The molecule has 1 saturated heterocycles. The van der Waals surface area contributed by atoms with Crippen molar-refractivity contribution in [3.05, 3.63) is 35.9 Å². The summed E-state index contributed by atoms with van der Waals surface area (Å²) >= 11 is 0. The van der Waals surface area contributed by atoms with E-state index in [9.17, 15) is 9.59 Å². The summed E-state index contributed by atoms with van der Waals surface area (Å²) in [6.07, 6.45) is 0.199. The SMILES string of the molecule is COC(OC)C1(CCc2ccccc2)NC(=O)N(C)C1=O. The molecule has 2 rings (SSSR count). The summed E-state index contributed by atoms with van der Waals surface area (Å²) in [5, 5.41) is 2.73. The van der Waals surface area contributed by atoms with Crippen LogP contribution in [0.15, 0.2) is 30.3 Å². The van der Waals surface area contributed by atoms with Crippen molar-refractivity contribution in [1.29, 1.82) is 0 Å². The van der Waals surface area contributed by atoms with Crippen molar-refractivity contribution in [2.45, 2.75) is 24.7 Å². The van der Waals surface area contributed by atoms with Gasteiger partial charge in [-0.2, -0.15) is 0 Å². The second kappa shape index (κ2) is 6.24. The van der Waals surface area contributed by atoms with Crippen molar-refractivity contribution in [3.63, 3.8) is 0 Å². The van der Waals surface area contributed by atoms with E-state index in [1.54, 1.807) is 0 Å². The van der Waals surface area contributed by atoms with Gasteiger partial charge in [0.25, 0.3) is 5.91 Å². The van der Waals surface area contributed by atoms with Crippen molar-refractivity contribution < 1.29 is 19.1 Å². The number of benzene rings is 1. The molecule has 6 nitrogen and oxygen atoms in total. The van der Waals surface area contributed by atoms with Crippen molar-refractivity contribution in [1.82, 2.24) is 10.2 Å². The number of imide groups is 1. The molecule has 1 fully saturated rings. The molecule has 0 aliphatic carbocycles. The Labute approximate surface area is 124 Å². The van der Waals surface area contributed by atoms with E-state index in [4.69, 9.17) is 9.47 Å². The number of nitrogens with zero attached hydrogens (tertiary/aromatic N) is 1. The first-order chi connectivity index (χ1) is 10.0. The summed E-state index contributed by atoms with van der Waals surface area (Å²) in [6, 6.07) is 9.33. The lowest BCUT2D eigenvalue weighted by Crippen LogP contribution is -2.58. The maximum absolute atomic E-state index is 12.5. The molecule has 0 aromatic heterocycles. The second-order valence-electron chi connectivity index (χ2n) is 5.05. The molecule has 1 aromatic carbocycles. The van der Waals surface area contributed by atoms with Crippen molar-refractivity contribution in [2.75, 3.05) is 21.3 Å². The Bertz CT molecular complexity index is 516. The first kappa shape index (κ1) is 15.5. The molecule has 1 aromatic rings. The van der Waals surface area contributed by atoms with Crippen LogP contribution in [-0.4, -0.2) is 49.9 Å². The molecule has 0 bridgehead atoms. The summed E-state index contributed by atoms with van der Waals surface area (Å²) in [7, 11) is 4.36. The molecule has 1 aliphatic heterocycles. The fraction of sp³-hybridized carbons (Fsp3) is 0.467. The Kier molecular flexibility index (Phi) is 4.59. The van der Waals surface area contributed by atoms with Gasteiger partial charge in [0, 0.05) is 21.3 Å². The molecule has 0 saturated carbocycles. The molecule has 3 amide bonds. The van der Waals surface area contributed by atoms with E-state index >= 15 is 0 Å². The molecule has 0 spiro atoms. The third kappa shape index (κ3) is 2.77. The van der Waals surface area contributed by atoms with Crippen molar-refractivity contribution in [2.24, 2.45) is 0 Å². The van der Waals surface area contributed by atoms with Gasteiger partial charge in [0.2, 0.25) is 0 Å². The summed E-state index contributed by atoms with van der Waals surface area (Å²) in [6.45, 7) is 0. The minimum Gasteiger partial charge on any atom is -0.353 e. The number of amides is 3. The Balaban J connectivity index is 2.25. The fourth-order valence-corrected chi connectivity index (χ4v) is 2.65. The van der Waals surface area contributed by atoms with E-state index in [0.29, 0.717) is 12.8 Å². The van der Waals surface area contributed by atoms with Gasteiger partial charge in [-0.25, -0.2) is 4.79 Å². The molecule has 1 unspecified atom stereocenters. The molecule has 21 heavy (non-hydrogen) atoms. The lowest BCUT2D eigenvalue weighted by Gasteiger charge is -2.32. The normalized spacial score (nSPS) is 22.0. The lowest BCUT2D eigenvalue weighted by atomic mass is 9.90. The predicted molar refractivity (Wildman–Crippen MR) is 76.6 cm³/mol. The molecular weight excluding hydrogens is 272 g/mol. The van der Waals surface area contributed by atoms with Crippen molar-refractivity contribution >= 4 is 11.9 Å². The highest BCUT2D eigenvalue weighted by molar-refractivity contribution is 6.07. The van der Waals surface area contributed by atoms with Gasteiger partial charge in [-0.1, -0.05) is 30.3 Å². The van der Waals surface area contributed by atoms with Crippen LogP contribution in [0.4, 0.5) is 4.79 Å². The highest BCUT2D eigenvalue weighted by Gasteiger charge is 2.55. The second-order valence-corrected chi connectivity index (χ2v) is 5.05. The van der Waals surface area contributed by atoms with Gasteiger partial charge < -0.3 is 14.8 Å². The third-order valence-electron chi connectivity index (χ3n) is 3.80. The van der Waals surface area contributed by atoms with Gasteiger partial charge in [0.15, 0.2) is 11.8 Å². The van der Waals surface area contributed by atoms with Crippen LogP contribution in [0.25, 0.3) is 0 Å². The highest BCUT2D eigenvalue weighted by Crippen LogP contribution is 2.28. The monoisotopic (exact) mass is 292 g/mol. The zero-order valence-corrected chi connectivity index (χ0v) is 12.5. The minimum atomic E-state index is -1.19. The van der Waals surface area contributed by atoms with Crippen LogP contribution in [-0.2, 0) is 20.7 Å². The Morgan fingerprint density at radius 3 is 2.29 bits per heavy atom. The topological polar surface area (TPSA) is 67.9 Å². The third-order valence-corrected chi connectivity index (χ3v) is 3.80. The number of carbonyl (C=O) groups excluding carboxylic acids is 2.